The molecule has 0 saturated heterocycles. The molecule has 1 aromatic carbocycles. The highest BCUT2D eigenvalue weighted by Gasteiger charge is 2.29. The van der Waals surface area contributed by atoms with Gasteiger partial charge in [0.1, 0.15) is 5.76 Å². The van der Waals surface area contributed by atoms with Crippen LogP contribution in [0.4, 0.5) is 0 Å². The summed E-state index contributed by atoms with van der Waals surface area (Å²) in [5, 5.41) is 9.06. The van der Waals surface area contributed by atoms with E-state index in [2.05, 4.69) is 29.2 Å². The number of hydrogen-bond acceptors (Lipinski definition) is 4. The number of nitrogens with two attached hydrogens (primary N) is 1. The summed E-state index contributed by atoms with van der Waals surface area (Å²) in [6, 6.07) is 15.3. The van der Waals surface area contributed by atoms with Crippen LogP contribution in [0.25, 0.3) is 0 Å². The van der Waals surface area contributed by atoms with Crippen LogP contribution in [0.5, 0.6) is 0 Å². The SMILES string of the molecule is N#Cc1ccc(CN(Cc2ccco2)C2CCC(CC3CCC(N)CC3)CC2)cc1. The molecule has 2 fully saturated rings. The van der Waals surface area contributed by atoms with Gasteiger partial charge in [-0.15, -0.1) is 0 Å². The molecule has 0 unspecified atom stereocenters. The summed E-state index contributed by atoms with van der Waals surface area (Å²) in [7, 11) is 0. The topological polar surface area (TPSA) is 66.2 Å². The van der Waals surface area contributed by atoms with Crippen molar-refractivity contribution in [3.63, 3.8) is 0 Å². The van der Waals surface area contributed by atoms with Crippen LogP contribution in [-0.2, 0) is 13.1 Å². The number of nitriles is 1. The Morgan fingerprint density at radius 3 is 2.17 bits per heavy atom. The van der Waals surface area contributed by atoms with Gasteiger partial charge < -0.3 is 10.2 Å². The second kappa shape index (κ2) is 10.3. The van der Waals surface area contributed by atoms with E-state index in [4.69, 9.17) is 15.4 Å². The summed E-state index contributed by atoms with van der Waals surface area (Å²) in [5.74, 6) is 2.83. The Morgan fingerprint density at radius 1 is 0.900 bits per heavy atom. The minimum Gasteiger partial charge on any atom is -0.468 e. The number of benzene rings is 1. The highest BCUT2D eigenvalue weighted by atomic mass is 16.3. The van der Waals surface area contributed by atoms with Crippen LogP contribution in [0.3, 0.4) is 0 Å². The molecule has 0 spiro atoms. The van der Waals surface area contributed by atoms with Crippen molar-refractivity contribution in [1.29, 1.82) is 5.26 Å². The predicted molar refractivity (Wildman–Crippen MR) is 119 cm³/mol. The fraction of sp³-hybridized carbons (Fsp3) is 0.577. The summed E-state index contributed by atoms with van der Waals surface area (Å²) in [4.78, 5) is 2.58. The number of furan rings is 1. The largest absolute Gasteiger partial charge is 0.468 e. The second-order valence-corrected chi connectivity index (χ2v) is 9.48. The molecule has 0 bridgehead atoms. The maximum absolute atomic E-state index is 9.06. The smallest absolute Gasteiger partial charge is 0.117 e. The van der Waals surface area contributed by atoms with Crippen molar-refractivity contribution in [1.82, 2.24) is 4.90 Å². The highest BCUT2D eigenvalue weighted by molar-refractivity contribution is 5.31. The van der Waals surface area contributed by atoms with E-state index in [0.717, 1.165) is 36.2 Å². The van der Waals surface area contributed by atoms with E-state index in [1.807, 2.05) is 18.2 Å². The molecule has 0 atom stereocenters. The molecule has 0 amide bonds. The summed E-state index contributed by atoms with van der Waals surface area (Å²) in [6.07, 6.45) is 13.5. The maximum Gasteiger partial charge on any atom is 0.117 e. The van der Waals surface area contributed by atoms with Crippen molar-refractivity contribution in [3.05, 3.63) is 59.5 Å². The Bertz CT molecular complexity index is 792. The molecule has 4 rings (SSSR count). The van der Waals surface area contributed by atoms with Crippen LogP contribution in [0.2, 0.25) is 0 Å². The molecule has 4 nitrogen and oxygen atoms in total. The van der Waals surface area contributed by atoms with E-state index in [-0.39, 0.29) is 0 Å². The Hall–Kier alpha value is -2.09. The van der Waals surface area contributed by atoms with Crippen LogP contribution < -0.4 is 5.73 Å². The average Bonchev–Trinajstić information content (AvgIpc) is 3.29. The molecule has 2 aliphatic rings. The molecule has 1 aromatic heterocycles. The zero-order valence-corrected chi connectivity index (χ0v) is 18.0. The maximum atomic E-state index is 9.06. The van der Waals surface area contributed by atoms with Gasteiger partial charge in [0.15, 0.2) is 0 Å². The molecule has 4 heteroatoms. The molecular formula is C26H35N3O. The molecule has 2 saturated carbocycles. The third kappa shape index (κ3) is 5.74. The summed E-state index contributed by atoms with van der Waals surface area (Å²) >= 11 is 0. The fourth-order valence-electron chi connectivity index (χ4n) is 5.48. The minimum absolute atomic E-state index is 0.453. The van der Waals surface area contributed by atoms with E-state index in [0.29, 0.717) is 12.1 Å². The standard InChI is InChI=1S/C26H35N3O/c27-17-22-3-5-23(6-4-22)18-29(19-26-2-1-15-30-26)25-13-9-21(10-14-25)16-20-7-11-24(28)12-8-20/h1-6,15,20-21,24-25H,7-14,16,18-19,28H2. The first-order chi connectivity index (χ1) is 14.7. The van der Waals surface area contributed by atoms with E-state index in [9.17, 15) is 0 Å². The predicted octanol–water partition coefficient (Wildman–Crippen LogP) is 5.62. The van der Waals surface area contributed by atoms with Crippen molar-refractivity contribution < 1.29 is 4.42 Å². The number of hydrogen-bond donors (Lipinski definition) is 1. The Kier molecular flexibility index (Phi) is 7.25. The lowest BCUT2D eigenvalue weighted by molar-refractivity contribution is 0.104. The van der Waals surface area contributed by atoms with E-state index in [1.54, 1.807) is 6.26 Å². The van der Waals surface area contributed by atoms with E-state index >= 15 is 0 Å². The van der Waals surface area contributed by atoms with Crippen molar-refractivity contribution in [2.75, 3.05) is 0 Å². The lowest BCUT2D eigenvalue weighted by Gasteiger charge is -2.38. The zero-order valence-electron chi connectivity index (χ0n) is 18.0. The van der Waals surface area contributed by atoms with Crippen molar-refractivity contribution >= 4 is 0 Å². The van der Waals surface area contributed by atoms with Gasteiger partial charge in [-0.25, -0.2) is 0 Å². The monoisotopic (exact) mass is 405 g/mol. The molecule has 160 valence electrons. The van der Waals surface area contributed by atoms with Gasteiger partial charge in [-0.3, -0.25) is 4.90 Å². The molecule has 2 N–H and O–H groups in total. The third-order valence-corrected chi connectivity index (χ3v) is 7.30. The van der Waals surface area contributed by atoms with E-state index < -0.39 is 0 Å². The summed E-state index contributed by atoms with van der Waals surface area (Å²) in [5.41, 5.74) is 8.08. The first kappa shape index (κ1) is 21.2. The van der Waals surface area contributed by atoms with Gasteiger partial charge in [0.05, 0.1) is 24.4 Å². The van der Waals surface area contributed by atoms with Gasteiger partial charge in [0.25, 0.3) is 0 Å². The quantitative estimate of drug-likeness (QED) is 0.649. The van der Waals surface area contributed by atoms with Crippen LogP contribution >= 0.6 is 0 Å². The first-order valence-corrected chi connectivity index (χ1v) is 11.7. The van der Waals surface area contributed by atoms with Crippen molar-refractivity contribution in [3.8, 4) is 6.07 Å². The molecule has 0 radical (unpaired) electrons. The van der Waals surface area contributed by atoms with Gasteiger partial charge >= 0.3 is 0 Å². The van der Waals surface area contributed by atoms with Crippen LogP contribution in [0, 0.1) is 23.2 Å². The summed E-state index contributed by atoms with van der Waals surface area (Å²) in [6.45, 7) is 1.76. The minimum atomic E-state index is 0.453. The molecular weight excluding hydrogens is 370 g/mol. The van der Waals surface area contributed by atoms with Gasteiger partial charge in [-0.05, 0) is 99.5 Å². The zero-order chi connectivity index (χ0) is 20.8. The first-order valence-electron chi connectivity index (χ1n) is 11.7. The normalized spacial score (nSPS) is 27.1. The Labute approximate surface area is 181 Å². The number of nitrogens with zero attached hydrogens (tertiary/aromatic N) is 2. The third-order valence-electron chi connectivity index (χ3n) is 7.30. The molecule has 0 aliphatic heterocycles. The fourth-order valence-corrected chi connectivity index (χ4v) is 5.48. The molecule has 30 heavy (non-hydrogen) atoms. The molecule has 2 aromatic rings. The van der Waals surface area contributed by atoms with Crippen LogP contribution in [0.15, 0.2) is 47.1 Å². The Balaban J connectivity index is 1.34. The second-order valence-electron chi connectivity index (χ2n) is 9.48. The van der Waals surface area contributed by atoms with Crippen molar-refractivity contribution in [2.45, 2.75) is 83.0 Å². The molecule has 2 aliphatic carbocycles. The van der Waals surface area contributed by atoms with Gasteiger partial charge in [0.2, 0.25) is 0 Å². The summed E-state index contributed by atoms with van der Waals surface area (Å²) < 4.78 is 5.66. The van der Waals surface area contributed by atoms with Crippen molar-refractivity contribution in [2.24, 2.45) is 17.6 Å². The van der Waals surface area contributed by atoms with Gasteiger partial charge in [0, 0.05) is 18.6 Å². The van der Waals surface area contributed by atoms with Gasteiger partial charge in [-0.2, -0.15) is 5.26 Å². The van der Waals surface area contributed by atoms with Crippen LogP contribution in [-0.4, -0.2) is 17.0 Å². The van der Waals surface area contributed by atoms with Gasteiger partial charge in [-0.1, -0.05) is 12.1 Å². The lowest BCUT2D eigenvalue weighted by atomic mass is 9.75. The Morgan fingerprint density at radius 2 is 1.57 bits per heavy atom. The van der Waals surface area contributed by atoms with Crippen LogP contribution in [0.1, 0.15) is 74.7 Å². The van der Waals surface area contributed by atoms with E-state index in [1.165, 1.54) is 63.4 Å². The average molecular weight is 406 g/mol. The highest BCUT2D eigenvalue weighted by Crippen LogP contribution is 2.37. The molecule has 1 heterocycles. The lowest BCUT2D eigenvalue weighted by Crippen LogP contribution is -2.37. The number of rotatable bonds is 7.